The monoisotopic (exact) mass is 414 g/mol. The minimum atomic E-state index is -0.381. The Morgan fingerprint density at radius 2 is 1.21 bits per heavy atom. The molecule has 0 unspecified atom stereocenters. The maximum atomic E-state index is 12.1. The van der Waals surface area contributed by atoms with E-state index in [9.17, 15) is 9.59 Å². The van der Waals surface area contributed by atoms with E-state index in [0.29, 0.717) is 17.4 Å². The van der Waals surface area contributed by atoms with Crippen LogP contribution in [-0.2, 0) is 19.1 Å². The molecule has 0 aliphatic carbocycles. The van der Waals surface area contributed by atoms with Crippen molar-refractivity contribution in [3.63, 3.8) is 0 Å². The van der Waals surface area contributed by atoms with E-state index >= 15 is 0 Å². The Morgan fingerprint density at radius 3 is 1.62 bits per heavy atom. The molecule has 0 aromatic rings. The van der Waals surface area contributed by atoms with E-state index in [-0.39, 0.29) is 24.6 Å². The molecule has 29 heavy (non-hydrogen) atoms. The Kier molecular flexibility index (Phi) is 17.1. The van der Waals surface area contributed by atoms with Gasteiger partial charge in [0.25, 0.3) is 0 Å². The Labute approximate surface area is 180 Å². The average Bonchev–Trinajstić information content (AvgIpc) is 2.62. The highest BCUT2D eigenvalue weighted by molar-refractivity contribution is 5.69. The normalized spacial score (nSPS) is 12.6. The third-order valence-corrected chi connectivity index (χ3v) is 5.01. The summed E-state index contributed by atoms with van der Waals surface area (Å²) in [6, 6.07) is 0. The van der Waals surface area contributed by atoms with Gasteiger partial charge in [0.2, 0.25) is 0 Å². The molecule has 172 valence electrons. The van der Waals surface area contributed by atoms with Crippen molar-refractivity contribution in [1.29, 1.82) is 0 Å². The zero-order valence-electron chi connectivity index (χ0n) is 20.0. The second-order valence-corrected chi connectivity index (χ2v) is 9.38. The molecule has 0 saturated carbocycles. The molecule has 0 amide bonds. The number of nitrogens with zero attached hydrogens (tertiary/aromatic N) is 1. The van der Waals surface area contributed by atoms with Crippen LogP contribution in [-0.4, -0.2) is 56.8 Å². The van der Waals surface area contributed by atoms with Crippen LogP contribution < -0.4 is 0 Å². The molecule has 0 radical (unpaired) electrons. The Bertz CT molecular complexity index is 418. The first-order valence-corrected chi connectivity index (χ1v) is 11.9. The van der Waals surface area contributed by atoms with Crippen LogP contribution in [0.3, 0.4) is 0 Å². The highest BCUT2D eigenvalue weighted by Gasteiger charge is 2.23. The molecule has 0 aromatic heterocycles. The van der Waals surface area contributed by atoms with Crippen LogP contribution in [0.25, 0.3) is 0 Å². The Hall–Kier alpha value is -1.10. The zero-order valence-corrected chi connectivity index (χ0v) is 20.0. The molecule has 0 heterocycles. The van der Waals surface area contributed by atoms with E-state index in [1.807, 2.05) is 21.1 Å². The zero-order chi connectivity index (χ0) is 22.0. The SMILES string of the molecule is CCCCCCCCCCCCCCCC(=O)O[C@@H](COC(C)=O)C[N+](C)(C)C. The second kappa shape index (κ2) is 17.7. The number of unbranched alkanes of at least 4 members (excludes halogenated alkanes) is 12. The van der Waals surface area contributed by atoms with Gasteiger partial charge >= 0.3 is 11.9 Å². The van der Waals surface area contributed by atoms with Gasteiger partial charge in [-0.2, -0.15) is 0 Å². The predicted molar refractivity (Wildman–Crippen MR) is 120 cm³/mol. The Morgan fingerprint density at radius 1 is 0.759 bits per heavy atom. The van der Waals surface area contributed by atoms with Gasteiger partial charge in [-0.05, 0) is 6.42 Å². The van der Waals surface area contributed by atoms with Crippen LogP contribution >= 0.6 is 0 Å². The summed E-state index contributed by atoms with van der Waals surface area (Å²) in [5, 5.41) is 0. The van der Waals surface area contributed by atoms with Crippen molar-refractivity contribution >= 4 is 11.9 Å². The van der Waals surface area contributed by atoms with Gasteiger partial charge in [0.15, 0.2) is 6.10 Å². The molecule has 0 fully saturated rings. The summed E-state index contributed by atoms with van der Waals surface area (Å²) < 4.78 is 11.2. The molecule has 0 spiro atoms. The molecule has 1 atom stereocenters. The fraction of sp³-hybridized carbons (Fsp3) is 0.917. The van der Waals surface area contributed by atoms with E-state index in [0.717, 1.165) is 12.8 Å². The summed E-state index contributed by atoms with van der Waals surface area (Å²) in [4.78, 5) is 23.2. The third-order valence-electron chi connectivity index (χ3n) is 5.01. The van der Waals surface area contributed by atoms with Crippen LogP contribution in [0.2, 0.25) is 0 Å². The number of hydrogen-bond acceptors (Lipinski definition) is 4. The average molecular weight is 415 g/mol. The molecular formula is C24H48NO4+. The van der Waals surface area contributed by atoms with Gasteiger partial charge in [-0.1, -0.05) is 84.0 Å². The van der Waals surface area contributed by atoms with Crippen molar-refractivity contribution in [3.8, 4) is 0 Å². The number of esters is 2. The van der Waals surface area contributed by atoms with E-state index in [4.69, 9.17) is 9.47 Å². The van der Waals surface area contributed by atoms with Crippen molar-refractivity contribution in [2.45, 2.75) is 110 Å². The van der Waals surface area contributed by atoms with E-state index in [1.165, 1.54) is 77.6 Å². The lowest BCUT2D eigenvalue weighted by atomic mass is 10.0. The summed E-state index contributed by atoms with van der Waals surface area (Å²) >= 11 is 0. The molecule has 0 rings (SSSR count). The van der Waals surface area contributed by atoms with Gasteiger partial charge < -0.3 is 14.0 Å². The van der Waals surface area contributed by atoms with Crippen LogP contribution in [0, 0.1) is 0 Å². The number of carbonyl (C=O) groups is 2. The summed E-state index contributed by atoms with van der Waals surface area (Å²) in [6.07, 6.45) is 16.8. The second-order valence-electron chi connectivity index (χ2n) is 9.38. The summed E-state index contributed by atoms with van der Waals surface area (Å²) in [5.74, 6) is -0.525. The van der Waals surface area contributed by atoms with Crippen LogP contribution in [0.4, 0.5) is 0 Å². The lowest BCUT2D eigenvalue weighted by molar-refractivity contribution is -0.873. The van der Waals surface area contributed by atoms with Crippen molar-refractivity contribution in [3.05, 3.63) is 0 Å². The number of likely N-dealkylation sites (N-methyl/N-ethyl adjacent to an activating group) is 1. The summed E-state index contributed by atoms with van der Waals surface area (Å²) in [5.41, 5.74) is 0. The predicted octanol–water partition coefficient (Wildman–Crippen LogP) is 5.65. The smallest absolute Gasteiger partial charge is 0.306 e. The number of hydrogen-bond donors (Lipinski definition) is 0. The van der Waals surface area contributed by atoms with Crippen LogP contribution in [0.5, 0.6) is 0 Å². The summed E-state index contributed by atoms with van der Waals surface area (Å²) in [7, 11) is 6.09. The molecule has 5 nitrogen and oxygen atoms in total. The fourth-order valence-electron chi connectivity index (χ4n) is 3.48. The van der Waals surface area contributed by atoms with Gasteiger partial charge in [0, 0.05) is 13.3 Å². The minimum Gasteiger partial charge on any atom is -0.462 e. The standard InChI is InChI=1S/C24H48NO4/c1-6-7-8-9-10-11-12-13-14-15-16-17-18-19-24(27)29-23(20-25(3,4)5)21-28-22(2)26/h23H,6-21H2,1-5H3/q+1/t23-/m1/s1. The first-order valence-electron chi connectivity index (χ1n) is 11.9. The molecule has 0 saturated heterocycles. The number of carbonyl (C=O) groups excluding carboxylic acids is 2. The first kappa shape index (κ1) is 27.9. The topological polar surface area (TPSA) is 52.6 Å². The molecule has 0 N–H and O–H groups in total. The van der Waals surface area contributed by atoms with E-state index in [2.05, 4.69) is 6.92 Å². The van der Waals surface area contributed by atoms with Crippen molar-refractivity contribution in [2.24, 2.45) is 0 Å². The molecule has 0 aliphatic heterocycles. The highest BCUT2D eigenvalue weighted by Crippen LogP contribution is 2.13. The lowest BCUT2D eigenvalue weighted by Crippen LogP contribution is -2.45. The number of rotatable bonds is 19. The third kappa shape index (κ3) is 21.4. The van der Waals surface area contributed by atoms with Gasteiger partial charge in [0.1, 0.15) is 13.2 Å². The summed E-state index contributed by atoms with van der Waals surface area (Å²) in [6.45, 7) is 4.39. The van der Waals surface area contributed by atoms with Crippen molar-refractivity contribution in [1.82, 2.24) is 0 Å². The largest absolute Gasteiger partial charge is 0.462 e. The van der Waals surface area contributed by atoms with E-state index in [1.54, 1.807) is 0 Å². The molecule has 5 heteroatoms. The van der Waals surface area contributed by atoms with Crippen LogP contribution in [0.1, 0.15) is 104 Å². The fourth-order valence-corrected chi connectivity index (χ4v) is 3.48. The van der Waals surface area contributed by atoms with Crippen molar-refractivity contribution in [2.75, 3.05) is 34.3 Å². The number of quaternary nitrogens is 1. The lowest BCUT2D eigenvalue weighted by Gasteiger charge is -2.28. The van der Waals surface area contributed by atoms with Gasteiger partial charge in [0.05, 0.1) is 21.1 Å². The maximum Gasteiger partial charge on any atom is 0.306 e. The Balaban J connectivity index is 3.69. The molecule has 0 bridgehead atoms. The molecule has 0 aromatic carbocycles. The van der Waals surface area contributed by atoms with Crippen LogP contribution in [0.15, 0.2) is 0 Å². The highest BCUT2D eigenvalue weighted by atomic mass is 16.6. The van der Waals surface area contributed by atoms with Crippen molar-refractivity contribution < 1.29 is 23.5 Å². The molecule has 0 aliphatic rings. The maximum absolute atomic E-state index is 12.1. The van der Waals surface area contributed by atoms with Gasteiger partial charge in [-0.15, -0.1) is 0 Å². The quantitative estimate of drug-likeness (QED) is 0.156. The number of ether oxygens (including phenoxy) is 2. The van der Waals surface area contributed by atoms with E-state index < -0.39 is 0 Å². The molecular weight excluding hydrogens is 366 g/mol. The van der Waals surface area contributed by atoms with Gasteiger partial charge in [-0.3, -0.25) is 9.59 Å². The van der Waals surface area contributed by atoms with Gasteiger partial charge in [-0.25, -0.2) is 0 Å². The minimum absolute atomic E-state index is 0.134. The first-order chi connectivity index (χ1) is 13.7.